The lowest BCUT2D eigenvalue weighted by molar-refractivity contribution is 0.0696. The van der Waals surface area contributed by atoms with Crippen LogP contribution in [-0.2, 0) is 6.42 Å². The maximum absolute atomic E-state index is 11.1. The van der Waals surface area contributed by atoms with Gasteiger partial charge in [-0.25, -0.2) is 4.79 Å². The molecule has 96 valence electrons. The van der Waals surface area contributed by atoms with Crippen molar-refractivity contribution in [3.8, 4) is 0 Å². The van der Waals surface area contributed by atoms with Crippen LogP contribution in [0.15, 0.2) is 52.3 Å². The lowest BCUT2D eigenvalue weighted by Crippen LogP contribution is -2.01. The van der Waals surface area contributed by atoms with Gasteiger partial charge in [-0.1, -0.05) is 43.0 Å². The molecule has 19 heavy (non-hydrogen) atoms. The van der Waals surface area contributed by atoms with Crippen LogP contribution in [0.5, 0.6) is 0 Å². The second-order valence-corrected chi connectivity index (χ2v) is 5.96. The first-order valence-corrected chi connectivity index (χ1v) is 7.10. The minimum Gasteiger partial charge on any atom is -0.478 e. The van der Waals surface area contributed by atoms with Gasteiger partial charge in [0, 0.05) is 9.79 Å². The van der Waals surface area contributed by atoms with Gasteiger partial charge in [-0.2, -0.15) is 0 Å². The minimum atomic E-state index is -0.867. The summed E-state index contributed by atoms with van der Waals surface area (Å²) < 4.78 is 0. The summed E-state index contributed by atoms with van der Waals surface area (Å²) >= 11 is 1.68. The van der Waals surface area contributed by atoms with Crippen LogP contribution < -0.4 is 0 Å². The molecule has 1 N–H and O–H groups in total. The molecule has 1 aliphatic rings. The SMILES string of the molecule is CC1Cc2ccccc2Sc2cc(C(=O)O)ccc21. The van der Waals surface area contributed by atoms with Gasteiger partial charge in [0.15, 0.2) is 0 Å². The first-order valence-electron chi connectivity index (χ1n) is 6.28. The van der Waals surface area contributed by atoms with Crippen LogP contribution in [0.4, 0.5) is 0 Å². The number of carboxylic acid groups (broad SMARTS) is 1. The number of carbonyl (C=O) groups is 1. The van der Waals surface area contributed by atoms with Crippen LogP contribution in [0.2, 0.25) is 0 Å². The summed E-state index contributed by atoms with van der Waals surface area (Å²) in [6.45, 7) is 2.20. The van der Waals surface area contributed by atoms with E-state index < -0.39 is 5.97 Å². The normalized spacial score (nSPS) is 17.2. The van der Waals surface area contributed by atoms with E-state index in [1.165, 1.54) is 16.0 Å². The molecule has 0 aliphatic carbocycles. The van der Waals surface area contributed by atoms with E-state index in [1.54, 1.807) is 23.9 Å². The van der Waals surface area contributed by atoms with Gasteiger partial charge in [0.1, 0.15) is 0 Å². The predicted molar refractivity (Wildman–Crippen MR) is 76.1 cm³/mol. The number of fused-ring (bicyclic) bond motifs is 2. The average Bonchev–Trinajstić information content (AvgIpc) is 2.54. The van der Waals surface area contributed by atoms with Crippen LogP contribution in [0, 0.1) is 0 Å². The third-order valence-electron chi connectivity index (χ3n) is 3.51. The Morgan fingerprint density at radius 2 is 2.00 bits per heavy atom. The van der Waals surface area contributed by atoms with Crippen LogP contribution in [-0.4, -0.2) is 11.1 Å². The van der Waals surface area contributed by atoms with E-state index >= 15 is 0 Å². The van der Waals surface area contributed by atoms with Crippen molar-refractivity contribution in [1.29, 1.82) is 0 Å². The minimum absolute atomic E-state index is 0.359. The van der Waals surface area contributed by atoms with Crippen LogP contribution in [0.1, 0.15) is 34.3 Å². The Morgan fingerprint density at radius 3 is 2.79 bits per heavy atom. The average molecular weight is 270 g/mol. The molecule has 0 saturated carbocycles. The molecule has 3 heteroatoms. The lowest BCUT2D eigenvalue weighted by Gasteiger charge is -2.12. The molecule has 2 aromatic rings. The molecule has 1 aliphatic heterocycles. The standard InChI is InChI=1S/C16H14O2S/c1-10-8-11-4-2-3-5-14(11)19-15-9-12(16(17)18)6-7-13(10)15/h2-7,9-10H,8H2,1H3,(H,17,18). The first kappa shape index (κ1) is 12.3. The molecular formula is C16H14O2S. The van der Waals surface area contributed by atoms with Gasteiger partial charge in [-0.15, -0.1) is 0 Å². The molecule has 1 unspecified atom stereocenters. The zero-order chi connectivity index (χ0) is 13.4. The predicted octanol–water partition coefficient (Wildman–Crippen LogP) is 4.20. The second-order valence-electron chi connectivity index (χ2n) is 4.87. The monoisotopic (exact) mass is 270 g/mol. The number of benzene rings is 2. The summed E-state index contributed by atoms with van der Waals surface area (Å²) in [5.74, 6) is -0.456. The Hall–Kier alpha value is -1.74. The zero-order valence-electron chi connectivity index (χ0n) is 10.6. The zero-order valence-corrected chi connectivity index (χ0v) is 11.4. The molecule has 1 atom stereocenters. The molecule has 0 bridgehead atoms. The van der Waals surface area contributed by atoms with E-state index in [1.807, 2.05) is 12.1 Å². The quantitative estimate of drug-likeness (QED) is 0.844. The molecule has 2 nitrogen and oxygen atoms in total. The highest BCUT2D eigenvalue weighted by Gasteiger charge is 2.20. The van der Waals surface area contributed by atoms with Crippen molar-refractivity contribution in [1.82, 2.24) is 0 Å². The van der Waals surface area contributed by atoms with Crippen molar-refractivity contribution < 1.29 is 9.90 Å². The Labute approximate surface area is 116 Å². The summed E-state index contributed by atoms with van der Waals surface area (Å²) in [4.78, 5) is 13.4. The Morgan fingerprint density at radius 1 is 1.21 bits per heavy atom. The number of aromatic carboxylic acids is 1. The summed E-state index contributed by atoms with van der Waals surface area (Å²) in [7, 11) is 0. The summed E-state index contributed by atoms with van der Waals surface area (Å²) in [5.41, 5.74) is 2.94. The topological polar surface area (TPSA) is 37.3 Å². The molecule has 3 rings (SSSR count). The van der Waals surface area contributed by atoms with Crippen molar-refractivity contribution in [2.45, 2.75) is 29.1 Å². The largest absolute Gasteiger partial charge is 0.478 e. The Bertz CT molecular complexity index is 649. The van der Waals surface area contributed by atoms with E-state index in [-0.39, 0.29) is 0 Å². The molecule has 1 heterocycles. The fraction of sp³-hybridized carbons (Fsp3) is 0.188. The lowest BCUT2D eigenvalue weighted by atomic mass is 9.93. The third-order valence-corrected chi connectivity index (χ3v) is 4.70. The van der Waals surface area contributed by atoms with Gasteiger partial charge in [0.05, 0.1) is 5.56 Å². The van der Waals surface area contributed by atoms with Crippen molar-refractivity contribution in [3.63, 3.8) is 0 Å². The molecule has 0 spiro atoms. The Balaban J connectivity index is 2.12. The highest BCUT2D eigenvalue weighted by molar-refractivity contribution is 7.99. The fourth-order valence-electron chi connectivity index (χ4n) is 2.49. The molecule has 2 aromatic carbocycles. The van der Waals surface area contributed by atoms with Gasteiger partial charge in [0.2, 0.25) is 0 Å². The highest BCUT2D eigenvalue weighted by Crippen LogP contribution is 2.41. The number of carboxylic acids is 1. The van der Waals surface area contributed by atoms with Gasteiger partial charge in [-0.3, -0.25) is 0 Å². The Kier molecular flexibility index (Phi) is 3.07. The van der Waals surface area contributed by atoms with Gasteiger partial charge in [0.25, 0.3) is 0 Å². The van der Waals surface area contributed by atoms with Gasteiger partial charge < -0.3 is 5.11 Å². The molecular weight excluding hydrogens is 256 g/mol. The van der Waals surface area contributed by atoms with E-state index in [4.69, 9.17) is 5.11 Å². The molecule has 0 fully saturated rings. The smallest absolute Gasteiger partial charge is 0.335 e. The molecule has 0 saturated heterocycles. The second kappa shape index (κ2) is 4.74. The maximum Gasteiger partial charge on any atom is 0.335 e. The van der Waals surface area contributed by atoms with Crippen LogP contribution in [0.3, 0.4) is 0 Å². The summed E-state index contributed by atoms with van der Waals surface area (Å²) in [5, 5.41) is 9.11. The fourth-order valence-corrected chi connectivity index (χ4v) is 3.73. The van der Waals surface area contributed by atoms with E-state index in [0.29, 0.717) is 11.5 Å². The van der Waals surface area contributed by atoms with Gasteiger partial charge >= 0.3 is 5.97 Å². The van der Waals surface area contributed by atoms with Crippen molar-refractivity contribution in [2.75, 3.05) is 0 Å². The summed E-state index contributed by atoms with van der Waals surface area (Å²) in [6, 6.07) is 13.8. The number of hydrogen-bond donors (Lipinski definition) is 1. The molecule has 0 amide bonds. The highest BCUT2D eigenvalue weighted by atomic mass is 32.2. The third kappa shape index (κ3) is 2.26. The van der Waals surface area contributed by atoms with Crippen molar-refractivity contribution >= 4 is 17.7 Å². The summed E-state index contributed by atoms with van der Waals surface area (Å²) in [6.07, 6.45) is 1.00. The number of rotatable bonds is 1. The van der Waals surface area contributed by atoms with Crippen LogP contribution >= 0.6 is 11.8 Å². The van der Waals surface area contributed by atoms with Crippen LogP contribution in [0.25, 0.3) is 0 Å². The van der Waals surface area contributed by atoms with E-state index in [9.17, 15) is 4.79 Å². The van der Waals surface area contributed by atoms with E-state index in [0.717, 1.165) is 11.3 Å². The molecule has 0 radical (unpaired) electrons. The van der Waals surface area contributed by atoms with Crippen molar-refractivity contribution in [3.05, 3.63) is 59.2 Å². The first-order chi connectivity index (χ1) is 9.15. The van der Waals surface area contributed by atoms with E-state index in [2.05, 4.69) is 25.1 Å². The molecule has 0 aromatic heterocycles. The van der Waals surface area contributed by atoms with Gasteiger partial charge in [-0.05, 0) is 41.7 Å². The van der Waals surface area contributed by atoms with Crippen molar-refractivity contribution in [2.24, 2.45) is 0 Å². The number of hydrogen-bond acceptors (Lipinski definition) is 2. The maximum atomic E-state index is 11.1.